The zero-order valence-corrected chi connectivity index (χ0v) is 16.6. The molecule has 0 unspecified atom stereocenters. The summed E-state index contributed by atoms with van der Waals surface area (Å²) in [4.78, 5) is 11.5. The quantitative estimate of drug-likeness (QED) is 0.391. The molecule has 0 bridgehead atoms. The smallest absolute Gasteiger partial charge is 0.188 e. The lowest BCUT2D eigenvalue weighted by Crippen LogP contribution is -2.39. The van der Waals surface area contributed by atoms with Gasteiger partial charge in [-0.05, 0) is 24.9 Å². The number of rotatable bonds is 9. The fourth-order valence-electron chi connectivity index (χ4n) is 3.00. The van der Waals surface area contributed by atoms with E-state index in [4.69, 9.17) is 10.5 Å². The van der Waals surface area contributed by atoms with Crippen LogP contribution in [-0.4, -0.2) is 55.2 Å². The third-order valence-electron chi connectivity index (χ3n) is 4.54. The molecule has 0 aliphatic carbocycles. The summed E-state index contributed by atoms with van der Waals surface area (Å²) in [6.45, 7) is 6.19. The van der Waals surface area contributed by atoms with Gasteiger partial charge in [-0.15, -0.1) is 11.3 Å². The zero-order valence-electron chi connectivity index (χ0n) is 15.8. The maximum atomic E-state index is 5.96. The van der Waals surface area contributed by atoms with E-state index in [1.54, 1.807) is 11.3 Å². The van der Waals surface area contributed by atoms with E-state index in [-0.39, 0.29) is 0 Å². The van der Waals surface area contributed by atoms with E-state index in [1.807, 2.05) is 6.07 Å². The molecular weight excluding hydrogens is 358 g/mol. The van der Waals surface area contributed by atoms with E-state index in [9.17, 15) is 0 Å². The molecule has 1 fully saturated rings. The van der Waals surface area contributed by atoms with Gasteiger partial charge in [-0.3, -0.25) is 4.90 Å². The van der Waals surface area contributed by atoms with Crippen molar-refractivity contribution in [2.75, 3.05) is 39.4 Å². The summed E-state index contributed by atoms with van der Waals surface area (Å²) >= 11 is 1.70. The van der Waals surface area contributed by atoms with Crippen LogP contribution in [0.4, 0.5) is 0 Å². The monoisotopic (exact) mass is 387 g/mol. The van der Waals surface area contributed by atoms with Gasteiger partial charge in [0.05, 0.1) is 30.5 Å². The Kier molecular flexibility index (Phi) is 8.07. The Labute approximate surface area is 165 Å². The van der Waals surface area contributed by atoms with Crippen LogP contribution in [0.1, 0.15) is 22.7 Å². The lowest BCUT2D eigenvalue weighted by atomic mass is 10.1. The molecule has 146 valence electrons. The Morgan fingerprint density at radius 1 is 1.22 bits per heavy atom. The molecule has 0 saturated carbocycles. The molecule has 3 N–H and O–H groups in total. The number of thiazole rings is 1. The van der Waals surface area contributed by atoms with Gasteiger partial charge in [0.25, 0.3) is 0 Å². The minimum Gasteiger partial charge on any atom is -0.379 e. The summed E-state index contributed by atoms with van der Waals surface area (Å²) in [6.07, 6.45) is 3.04. The average molecular weight is 388 g/mol. The van der Waals surface area contributed by atoms with Crippen LogP contribution in [0.2, 0.25) is 0 Å². The summed E-state index contributed by atoms with van der Waals surface area (Å²) in [6, 6.07) is 10.5. The molecule has 2 heterocycles. The van der Waals surface area contributed by atoms with Crippen LogP contribution in [0.5, 0.6) is 0 Å². The molecule has 0 amide bonds. The minimum atomic E-state index is 0.496. The zero-order chi connectivity index (χ0) is 18.7. The van der Waals surface area contributed by atoms with E-state index >= 15 is 0 Å². The van der Waals surface area contributed by atoms with Crippen LogP contribution < -0.4 is 11.1 Å². The maximum absolute atomic E-state index is 5.96. The van der Waals surface area contributed by atoms with Gasteiger partial charge in [-0.2, -0.15) is 0 Å². The van der Waals surface area contributed by atoms with E-state index in [0.717, 1.165) is 69.4 Å². The van der Waals surface area contributed by atoms with Crippen molar-refractivity contribution >= 4 is 17.3 Å². The number of hydrogen-bond acceptors (Lipinski definition) is 5. The third kappa shape index (κ3) is 7.28. The van der Waals surface area contributed by atoms with E-state index in [1.165, 1.54) is 5.56 Å². The van der Waals surface area contributed by atoms with Crippen molar-refractivity contribution in [2.24, 2.45) is 10.7 Å². The molecule has 0 atom stereocenters. The number of aryl methyl sites for hydroxylation is 2. The molecule has 2 aromatic rings. The fraction of sp³-hybridized carbons (Fsp3) is 0.500. The van der Waals surface area contributed by atoms with Gasteiger partial charge in [0.1, 0.15) is 0 Å². The largest absolute Gasteiger partial charge is 0.379 e. The van der Waals surface area contributed by atoms with Crippen LogP contribution in [0.15, 0.2) is 40.7 Å². The first-order valence-electron chi connectivity index (χ1n) is 9.61. The minimum absolute atomic E-state index is 0.496. The second-order valence-electron chi connectivity index (χ2n) is 6.65. The highest BCUT2D eigenvalue weighted by Gasteiger charge is 2.09. The van der Waals surface area contributed by atoms with Gasteiger partial charge < -0.3 is 15.8 Å². The first-order valence-corrected chi connectivity index (χ1v) is 10.5. The Bertz CT molecular complexity index is 697. The highest BCUT2D eigenvalue weighted by Crippen LogP contribution is 2.13. The topological polar surface area (TPSA) is 75.8 Å². The lowest BCUT2D eigenvalue weighted by molar-refractivity contribution is 0.0376. The van der Waals surface area contributed by atoms with Gasteiger partial charge in [0.15, 0.2) is 5.96 Å². The van der Waals surface area contributed by atoms with Crippen molar-refractivity contribution in [2.45, 2.75) is 25.8 Å². The first kappa shape index (κ1) is 19.8. The predicted octanol–water partition coefficient (Wildman–Crippen LogP) is 2.05. The van der Waals surface area contributed by atoms with Crippen LogP contribution in [0, 0.1) is 0 Å². The molecule has 1 aromatic heterocycles. The van der Waals surface area contributed by atoms with Gasteiger partial charge in [-0.25, -0.2) is 9.98 Å². The summed E-state index contributed by atoms with van der Waals surface area (Å²) in [5.41, 5.74) is 8.30. The van der Waals surface area contributed by atoms with Crippen molar-refractivity contribution < 1.29 is 4.74 Å². The van der Waals surface area contributed by atoms with E-state index < -0.39 is 0 Å². The van der Waals surface area contributed by atoms with Crippen molar-refractivity contribution in [3.63, 3.8) is 0 Å². The fourth-order valence-corrected chi connectivity index (χ4v) is 3.79. The summed E-state index contributed by atoms with van der Waals surface area (Å²) in [7, 11) is 0. The number of guanidine groups is 1. The second kappa shape index (κ2) is 11.0. The van der Waals surface area contributed by atoms with Crippen molar-refractivity contribution in [3.05, 3.63) is 52.0 Å². The number of nitrogens with zero attached hydrogens (tertiary/aromatic N) is 3. The molecule has 1 aliphatic heterocycles. The Morgan fingerprint density at radius 2 is 2.04 bits per heavy atom. The summed E-state index contributed by atoms with van der Waals surface area (Å²) < 4.78 is 5.36. The van der Waals surface area contributed by atoms with Crippen LogP contribution in [-0.2, 0) is 24.1 Å². The molecule has 1 aliphatic rings. The normalized spacial score (nSPS) is 15.8. The third-order valence-corrected chi connectivity index (χ3v) is 5.50. The van der Waals surface area contributed by atoms with Crippen molar-refractivity contribution in [3.8, 4) is 0 Å². The number of aliphatic imine (C=N–C) groups is 1. The number of benzene rings is 1. The summed E-state index contributed by atoms with van der Waals surface area (Å²) in [5.74, 6) is 0.496. The number of hydrogen-bond donors (Lipinski definition) is 2. The Morgan fingerprint density at radius 3 is 2.85 bits per heavy atom. The summed E-state index contributed by atoms with van der Waals surface area (Å²) in [5, 5.41) is 6.42. The van der Waals surface area contributed by atoms with Gasteiger partial charge in [0.2, 0.25) is 0 Å². The molecule has 7 heteroatoms. The molecular formula is C20H29N5OS. The van der Waals surface area contributed by atoms with Crippen molar-refractivity contribution in [1.82, 2.24) is 15.2 Å². The van der Waals surface area contributed by atoms with E-state index in [0.29, 0.717) is 12.5 Å². The number of aromatic nitrogens is 1. The maximum Gasteiger partial charge on any atom is 0.188 e. The molecule has 1 aromatic carbocycles. The lowest BCUT2D eigenvalue weighted by Gasteiger charge is -2.26. The molecule has 0 spiro atoms. The number of ether oxygens (including phenoxy) is 1. The van der Waals surface area contributed by atoms with E-state index in [2.05, 4.69) is 49.8 Å². The van der Waals surface area contributed by atoms with Crippen LogP contribution in [0.25, 0.3) is 0 Å². The highest BCUT2D eigenvalue weighted by atomic mass is 32.1. The SMILES string of the molecule is NC(=NCc1csc(CCc2ccccc2)n1)NCCCN1CCOCC1. The molecule has 1 saturated heterocycles. The molecule has 27 heavy (non-hydrogen) atoms. The van der Waals surface area contributed by atoms with Gasteiger partial charge in [0, 0.05) is 31.4 Å². The highest BCUT2D eigenvalue weighted by molar-refractivity contribution is 7.09. The van der Waals surface area contributed by atoms with Crippen LogP contribution in [0.3, 0.4) is 0 Å². The molecule has 0 radical (unpaired) electrons. The number of nitrogens with two attached hydrogens (primary N) is 1. The number of nitrogens with one attached hydrogen (secondary N) is 1. The van der Waals surface area contributed by atoms with Gasteiger partial charge in [-0.1, -0.05) is 30.3 Å². The Hall–Kier alpha value is -1.96. The average Bonchev–Trinajstić information content (AvgIpc) is 3.18. The number of morpholine rings is 1. The first-order chi connectivity index (χ1) is 13.3. The van der Waals surface area contributed by atoms with Gasteiger partial charge >= 0.3 is 0 Å². The standard InChI is InChI=1S/C20H29N5OS/c21-20(22-9-4-10-25-11-13-26-14-12-25)23-15-18-16-27-19(24-18)8-7-17-5-2-1-3-6-17/h1-3,5-6,16H,4,7-15H2,(H3,21,22,23). The second-order valence-corrected chi connectivity index (χ2v) is 7.60. The molecule has 3 rings (SSSR count). The predicted molar refractivity (Wildman–Crippen MR) is 111 cm³/mol. The van der Waals surface area contributed by atoms with Crippen LogP contribution >= 0.6 is 11.3 Å². The molecule has 6 nitrogen and oxygen atoms in total. The van der Waals surface area contributed by atoms with Crippen molar-refractivity contribution in [1.29, 1.82) is 0 Å². The Balaban J connectivity index is 1.33.